The van der Waals surface area contributed by atoms with E-state index in [0.717, 1.165) is 6.29 Å². The highest BCUT2D eigenvalue weighted by molar-refractivity contribution is 5.80. The molecule has 0 aliphatic heterocycles. The van der Waals surface area contributed by atoms with Gasteiger partial charge in [-0.2, -0.15) is 0 Å². The lowest BCUT2D eigenvalue weighted by molar-refractivity contribution is -0.128. The number of nitrogens with two attached hydrogens (primary N) is 1. The topological polar surface area (TPSA) is 81.4 Å². The Balaban J connectivity index is 2.70. The number of amides is 1. The van der Waals surface area contributed by atoms with Crippen LogP contribution in [0.1, 0.15) is 23.7 Å². The lowest BCUT2D eigenvalue weighted by atomic mass is 10.2. The van der Waals surface area contributed by atoms with Gasteiger partial charge in [-0.05, 0) is 30.7 Å². The molecule has 0 spiro atoms. The molecule has 0 heterocycles. The van der Waals surface area contributed by atoms with Crippen LogP contribution in [0.5, 0.6) is 5.75 Å². The molecule has 0 aliphatic carbocycles. The zero-order valence-electron chi connectivity index (χ0n) is 8.97. The maximum atomic E-state index is 11.3. The Labute approximate surface area is 93.6 Å². The zero-order valence-corrected chi connectivity index (χ0v) is 8.97. The van der Waals surface area contributed by atoms with Crippen molar-refractivity contribution in [1.29, 1.82) is 0 Å². The second kappa shape index (κ2) is 5.87. The van der Waals surface area contributed by atoms with Gasteiger partial charge in [0.1, 0.15) is 12.0 Å². The van der Waals surface area contributed by atoms with E-state index in [1.165, 1.54) is 0 Å². The second-order valence-corrected chi connectivity index (χ2v) is 3.21. The minimum Gasteiger partial charge on any atom is -0.481 e. The molecule has 1 aromatic carbocycles. The van der Waals surface area contributed by atoms with Crippen molar-refractivity contribution in [3.8, 4) is 5.75 Å². The SMILES string of the molecule is CCC(Oc1ccc(C=O)cc1)C(=O)NN. The van der Waals surface area contributed by atoms with E-state index in [0.29, 0.717) is 17.7 Å². The quantitative estimate of drug-likeness (QED) is 0.331. The molecular weight excluding hydrogens is 208 g/mol. The number of carbonyl (C=O) groups excluding carboxylic acids is 2. The summed E-state index contributed by atoms with van der Waals surface area (Å²) >= 11 is 0. The molecule has 16 heavy (non-hydrogen) atoms. The molecule has 1 unspecified atom stereocenters. The molecule has 0 bridgehead atoms. The number of carbonyl (C=O) groups is 2. The first-order valence-electron chi connectivity index (χ1n) is 4.93. The molecule has 3 N–H and O–H groups in total. The van der Waals surface area contributed by atoms with Crippen LogP contribution >= 0.6 is 0 Å². The fourth-order valence-electron chi connectivity index (χ4n) is 1.20. The van der Waals surface area contributed by atoms with Crippen LogP contribution in [0.4, 0.5) is 0 Å². The predicted molar refractivity (Wildman–Crippen MR) is 58.9 cm³/mol. The smallest absolute Gasteiger partial charge is 0.274 e. The van der Waals surface area contributed by atoms with Crippen molar-refractivity contribution in [3.63, 3.8) is 0 Å². The molecule has 0 saturated heterocycles. The molecule has 0 fully saturated rings. The maximum Gasteiger partial charge on any atom is 0.274 e. The van der Waals surface area contributed by atoms with Gasteiger partial charge in [0.15, 0.2) is 6.10 Å². The third-order valence-corrected chi connectivity index (χ3v) is 2.10. The summed E-state index contributed by atoms with van der Waals surface area (Å²) in [5.74, 6) is 5.18. The van der Waals surface area contributed by atoms with Crippen LogP contribution in [0, 0.1) is 0 Å². The van der Waals surface area contributed by atoms with Crippen LogP contribution in [0.3, 0.4) is 0 Å². The lowest BCUT2D eigenvalue weighted by Gasteiger charge is -2.15. The van der Waals surface area contributed by atoms with Gasteiger partial charge in [-0.3, -0.25) is 15.0 Å². The summed E-state index contributed by atoms with van der Waals surface area (Å²) in [4.78, 5) is 21.7. The van der Waals surface area contributed by atoms with Gasteiger partial charge in [-0.1, -0.05) is 6.92 Å². The Kier molecular flexibility index (Phi) is 4.47. The monoisotopic (exact) mass is 222 g/mol. The first-order valence-corrected chi connectivity index (χ1v) is 4.93. The van der Waals surface area contributed by atoms with E-state index in [1.54, 1.807) is 24.3 Å². The van der Waals surface area contributed by atoms with Crippen molar-refractivity contribution in [2.45, 2.75) is 19.4 Å². The van der Waals surface area contributed by atoms with Crippen molar-refractivity contribution in [3.05, 3.63) is 29.8 Å². The van der Waals surface area contributed by atoms with Gasteiger partial charge in [0, 0.05) is 5.56 Å². The number of nitrogens with one attached hydrogen (secondary N) is 1. The Hall–Kier alpha value is -1.88. The van der Waals surface area contributed by atoms with E-state index < -0.39 is 6.10 Å². The van der Waals surface area contributed by atoms with Crippen molar-refractivity contribution in [2.24, 2.45) is 5.84 Å². The molecule has 5 nitrogen and oxygen atoms in total. The lowest BCUT2D eigenvalue weighted by Crippen LogP contribution is -2.41. The third kappa shape index (κ3) is 3.06. The van der Waals surface area contributed by atoms with E-state index in [4.69, 9.17) is 10.6 Å². The molecule has 86 valence electrons. The fourth-order valence-corrected chi connectivity index (χ4v) is 1.20. The van der Waals surface area contributed by atoms with Crippen LogP contribution in [-0.2, 0) is 4.79 Å². The number of rotatable bonds is 5. The van der Waals surface area contributed by atoms with Crippen LogP contribution in [0.15, 0.2) is 24.3 Å². The van der Waals surface area contributed by atoms with Crippen LogP contribution < -0.4 is 16.0 Å². The van der Waals surface area contributed by atoms with Crippen LogP contribution in [-0.4, -0.2) is 18.3 Å². The molecule has 0 aromatic heterocycles. The molecule has 5 heteroatoms. The van der Waals surface area contributed by atoms with Gasteiger partial charge in [-0.15, -0.1) is 0 Å². The molecular formula is C11H14N2O3. The Morgan fingerprint density at radius 1 is 1.50 bits per heavy atom. The molecule has 0 saturated carbocycles. The molecule has 1 atom stereocenters. The van der Waals surface area contributed by atoms with Gasteiger partial charge in [-0.25, -0.2) is 5.84 Å². The third-order valence-electron chi connectivity index (χ3n) is 2.10. The largest absolute Gasteiger partial charge is 0.481 e. The van der Waals surface area contributed by atoms with E-state index in [-0.39, 0.29) is 5.91 Å². The molecule has 0 radical (unpaired) electrons. The number of aldehydes is 1. The normalized spacial score (nSPS) is 11.6. The summed E-state index contributed by atoms with van der Waals surface area (Å²) in [6, 6.07) is 6.51. The second-order valence-electron chi connectivity index (χ2n) is 3.21. The van der Waals surface area contributed by atoms with Crippen LogP contribution in [0.2, 0.25) is 0 Å². The molecule has 1 aromatic rings. The van der Waals surface area contributed by atoms with Gasteiger partial charge in [0.05, 0.1) is 0 Å². The standard InChI is InChI=1S/C11H14N2O3/c1-2-10(11(15)13-12)16-9-5-3-8(7-14)4-6-9/h3-7,10H,2,12H2,1H3,(H,13,15). The number of hydrogen-bond acceptors (Lipinski definition) is 4. The highest BCUT2D eigenvalue weighted by Crippen LogP contribution is 2.14. The van der Waals surface area contributed by atoms with E-state index in [9.17, 15) is 9.59 Å². The first kappa shape index (κ1) is 12.2. The maximum absolute atomic E-state index is 11.3. The Morgan fingerprint density at radius 3 is 2.56 bits per heavy atom. The van der Waals surface area contributed by atoms with Gasteiger partial charge >= 0.3 is 0 Å². The summed E-state index contributed by atoms with van der Waals surface area (Å²) in [6.07, 6.45) is 0.638. The predicted octanol–water partition coefficient (Wildman–Crippen LogP) is 0.646. The summed E-state index contributed by atoms with van der Waals surface area (Å²) in [5.41, 5.74) is 2.60. The van der Waals surface area contributed by atoms with Gasteiger partial charge < -0.3 is 4.74 Å². The Bertz CT molecular complexity index is 362. The van der Waals surface area contributed by atoms with E-state index in [1.807, 2.05) is 12.3 Å². The van der Waals surface area contributed by atoms with Crippen LogP contribution in [0.25, 0.3) is 0 Å². The molecule has 0 aliphatic rings. The first-order chi connectivity index (χ1) is 7.71. The minimum atomic E-state index is -0.618. The highest BCUT2D eigenvalue weighted by Gasteiger charge is 2.16. The average Bonchev–Trinajstić information content (AvgIpc) is 2.35. The van der Waals surface area contributed by atoms with Gasteiger partial charge in [0.2, 0.25) is 0 Å². The van der Waals surface area contributed by atoms with Crippen molar-refractivity contribution in [1.82, 2.24) is 5.43 Å². The van der Waals surface area contributed by atoms with Crippen molar-refractivity contribution < 1.29 is 14.3 Å². The van der Waals surface area contributed by atoms with E-state index in [2.05, 4.69) is 0 Å². The Morgan fingerprint density at radius 2 is 2.12 bits per heavy atom. The summed E-state index contributed by atoms with van der Waals surface area (Å²) < 4.78 is 5.41. The molecule has 1 amide bonds. The number of hydrogen-bond donors (Lipinski definition) is 2. The zero-order chi connectivity index (χ0) is 12.0. The molecule has 1 rings (SSSR count). The van der Waals surface area contributed by atoms with Crippen molar-refractivity contribution in [2.75, 3.05) is 0 Å². The number of ether oxygens (including phenoxy) is 1. The number of benzene rings is 1. The average molecular weight is 222 g/mol. The number of hydrazine groups is 1. The van der Waals surface area contributed by atoms with E-state index >= 15 is 0 Å². The van der Waals surface area contributed by atoms with Crippen molar-refractivity contribution >= 4 is 12.2 Å². The minimum absolute atomic E-state index is 0.373. The summed E-state index contributed by atoms with van der Waals surface area (Å²) in [5, 5.41) is 0. The summed E-state index contributed by atoms with van der Waals surface area (Å²) in [6.45, 7) is 1.82. The highest BCUT2D eigenvalue weighted by atomic mass is 16.5. The van der Waals surface area contributed by atoms with Gasteiger partial charge in [0.25, 0.3) is 5.91 Å². The fraction of sp³-hybridized carbons (Fsp3) is 0.273. The summed E-state index contributed by atoms with van der Waals surface area (Å²) in [7, 11) is 0.